The first-order valence-electron chi connectivity index (χ1n) is 14.1. The normalized spacial score (nSPS) is 12.4. The first kappa shape index (κ1) is 31.3. The van der Waals surface area contributed by atoms with Gasteiger partial charge in [-0.1, -0.05) is 84.9 Å². The van der Waals surface area contributed by atoms with Gasteiger partial charge in [0.2, 0.25) is 5.91 Å². The molecule has 0 aliphatic rings. The van der Waals surface area contributed by atoms with Gasteiger partial charge in [-0.05, 0) is 49.9 Å². The lowest BCUT2D eigenvalue weighted by molar-refractivity contribution is -0.163. The first-order chi connectivity index (χ1) is 20.0. The third-order valence-electron chi connectivity index (χ3n) is 6.83. The molecule has 0 spiro atoms. The zero-order valence-electron chi connectivity index (χ0n) is 23.9. The molecule has 216 valence electrons. The number of carbonyl (C=O) groups excluding carboxylic acids is 3. The summed E-state index contributed by atoms with van der Waals surface area (Å²) < 4.78 is 10.4. The van der Waals surface area contributed by atoms with E-state index in [0.717, 1.165) is 11.1 Å². The minimum absolute atomic E-state index is 0.142. The highest BCUT2D eigenvalue weighted by molar-refractivity contribution is 5.96. The molecule has 0 bridgehead atoms. The Hall–Kier alpha value is -4.23. The fourth-order valence-electron chi connectivity index (χ4n) is 4.82. The van der Waals surface area contributed by atoms with Crippen molar-refractivity contribution in [3.05, 3.63) is 115 Å². The lowest BCUT2D eigenvalue weighted by Gasteiger charge is -2.32. The maximum atomic E-state index is 13.9. The second-order valence-electron chi connectivity index (χ2n) is 9.71. The van der Waals surface area contributed by atoms with Gasteiger partial charge < -0.3 is 14.8 Å². The maximum Gasteiger partial charge on any atom is 0.320 e. The van der Waals surface area contributed by atoms with Crippen LogP contribution >= 0.6 is 0 Å². The third-order valence-corrected chi connectivity index (χ3v) is 6.83. The van der Waals surface area contributed by atoms with Crippen molar-refractivity contribution in [2.24, 2.45) is 11.8 Å². The van der Waals surface area contributed by atoms with E-state index < -0.39 is 29.8 Å². The number of ether oxygens (including phenoxy) is 2. The Morgan fingerprint density at radius 3 is 1.66 bits per heavy atom. The molecule has 3 rings (SSSR count). The number of hydrogen-bond donors (Lipinski definition) is 1. The van der Waals surface area contributed by atoms with Gasteiger partial charge in [0, 0.05) is 24.7 Å². The second kappa shape index (κ2) is 16.8. The summed E-state index contributed by atoms with van der Waals surface area (Å²) in [4.78, 5) is 41.7. The molecule has 1 unspecified atom stereocenters. The first-order valence-corrected chi connectivity index (χ1v) is 14.1. The largest absolute Gasteiger partial charge is 0.465 e. The summed E-state index contributed by atoms with van der Waals surface area (Å²) in [5, 5.41) is 3.06. The van der Waals surface area contributed by atoms with E-state index in [9.17, 15) is 14.4 Å². The van der Waals surface area contributed by atoms with Gasteiger partial charge in [-0.2, -0.15) is 0 Å². The van der Waals surface area contributed by atoms with Gasteiger partial charge in [-0.25, -0.2) is 0 Å². The monoisotopic (exact) mass is 556 g/mol. The van der Waals surface area contributed by atoms with Crippen molar-refractivity contribution >= 4 is 23.5 Å². The summed E-state index contributed by atoms with van der Waals surface area (Å²) in [6.07, 6.45) is 2.30. The third kappa shape index (κ3) is 9.72. The molecule has 0 aliphatic carbocycles. The van der Waals surface area contributed by atoms with Gasteiger partial charge in [-0.3, -0.25) is 19.3 Å². The molecule has 1 amide bonds. The van der Waals surface area contributed by atoms with Gasteiger partial charge in [0.05, 0.1) is 19.3 Å². The highest BCUT2D eigenvalue weighted by Crippen LogP contribution is 2.27. The van der Waals surface area contributed by atoms with Crippen LogP contribution in [0.5, 0.6) is 0 Å². The highest BCUT2D eigenvalue weighted by atomic mass is 16.6. The Bertz CT molecular complexity index is 1170. The minimum Gasteiger partial charge on any atom is -0.465 e. The van der Waals surface area contributed by atoms with Gasteiger partial charge in [-0.15, -0.1) is 6.58 Å². The summed E-state index contributed by atoms with van der Waals surface area (Å²) in [5.41, 5.74) is 2.83. The van der Waals surface area contributed by atoms with E-state index in [4.69, 9.17) is 9.47 Å². The van der Waals surface area contributed by atoms with Crippen LogP contribution in [0.4, 0.5) is 5.69 Å². The molecule has 0 aliphatic heterocycles. The number of hydrogen-bond acceptors (Lipinski definition) is 6. The van der Waals surface area contributed by atoms with Crippen LogP contribution in [-0.4, -0.2) is 42.0 Å². The molecule has 0 heterocycles. The van der Waals surface area contributed by atoms with Crippen molar-refractivity contribution < 1.29 is 23.9 Å². The Labute approximate surface area is 243 Å². The number of carbonyl (C=O) groups is 3. The van der Waals surface area contributed by atoms with Crippen LogP contribution in [0, 0.1) is 11.8 Å². The SMILES string of the molecule is C=CC(CC[C@@H](C(=O)Nc1ccccc1)N(Cc1ccccc1)Cc1ccccc1)C(C(=O)OCC)C(=O)OCC. The lowest BCUT2D eigenvalue weighted by Crippen LogP contribution is -2.44. The van der Waals surface area contributed by atoms with Gasteiger partial charge in [0.15, 0.2) is 5.92 Å². The van der Waals surface area contributed by atoms with E-state index in [1.807, 2.05) is 91.0 Å². The molecular formula is C34H40N2O5. The zero-order chi connectivity index (χ0) is 29.5. The molecule has 0 radical (unpaired) electrons. The summed E-state index contributed by atoms with van der Waals surface area (Å²) in [5.74, 6) is -3.19. The average Bonchev–Trinajstić information content (AvgIpc) is 2.98. The fraction of sp³-hybridized carbons (Fsp3) is 0.324. The Balaban J connectivity index is 1.94. The molecule has 1 N–H and O–H groups in total. The highest BCUT2D eigenvalue weighted by Gasteiger charge is 2.37. The predicted molar refractivity (Wildman–Crippen MR) is 161 cm³/mol. The lowest BCUT2D eigenvalue weighted by atomic mass is 9.86. The molecule has 7 heteroatoms. The van der Waals surface area contributed by atoms with E-state index in [2.05, 4.69) is 16.8 Å². The number of rotatable bonds is 16. The van der Waals surface area contributed by atoms with Crippen molar-refractivity contribution in [2.75, 3.05) is 18.5 Å². The number of allylic oxidation sites excluding steroid dienone is 1. The predicted octanol–water partition coefficient (Wildman–Crippen LogP) is 6.02. The summed E-state index contributed by atoms with van der Waals surface area (Å²) in [7, 11) is 0. The van der Waals surface area contributed by atoms with Crippen LogP contribution in [0.15, 0.2) is 104 Å². The van der Waals surface area contributed by atoms with Crippen LogP contribution < -0.4 is 5.32 Å². The number of anilines is 1. The van der Waals surface area contributed by atoms with E-state index in [-0.39, 0.29) is 19.1 Å². The van der Waals surface area contributed by atoms with Gasteiger partial charge in [0.25, 0.3) is 0 Å². The average molecular weight is 557 g/mol. The number of para-hydroxylation sites is 1. The Morgan fingerprint density at radius 1 is 0.756 bits per heavy atom. The van der Waals surface area contributed by atoms with E-state index >= 15 is 0 Å². The standard InChI is InChI=1S/C34H40N2O5/c1-4-28(31(33(38)40-5-2)34(39)41-6-3)22-23-30(32(37)35-29-20-14-9-15-21-29)36(24-26-16-10-7-11-17-26)25-27-18-12-8-13-19-27/h4,7-21,28,30-31H,1,5-6,22-25H2,2-3H3,(H,35,37)/t28?,30-/m0/s1. The van der Waals surface area contributed by atoms with E-state index in [1.54, 1.807) is 19.9 Å². The number of nitrogens with one attached hydrogen (secondary N) is 1. The van der Waals surface area contributed by atoms with E-state index in [1.165, 1.54) is 0 Å². The second-order valence-corrected chi connectivity index (χ2v) is 9.71. The van der Waals surface area contributed by atoms with Crippen molar-refractivity contribution in [1.82, 2.24) is 4.90 Å². The molecule has 41 heavy (non-hydrogen) atoms. The zero-order valence-corrected chi connectivity index (χ0v) is 23.9. The van der Waals surface area contributed by atoms with Crippen molar-refractivity contribution in [2.45, 2.75) is 45.8 Å². The van der Waals surface area contributed by atoms with Crippen LogP contribution in [0.25, 0.3) is 0 Å². The Morgan fingerprint density at radius 2 is 1.22 bits per heavy atom. The van der Waals surface area contributed by atoms with Crippen molar-refractivity contribution in [3.8, 4) is 0 Å². The number of amides is 1. The topological polar surface area (TPSA) is 84.9 Å². The van der Waals surface area contributed by atoms with Gasteiger partial charge in [0.1, 0.15) is 0 Å². The van der Waals surface area contributed by atoms with Crippen LogP contribution in [-0.2, 0) is 36.9 Å². The van der Waals surface area contributed by atoms with Crippen LogP contribution in [0.3, 0.4) is 0 Å². The number of benzene rings is 3. The van der Waals surface area contributed by atoms with Crippen molar-refractivity contribution in [3.63, 3.8) is 0 Å². The molecule has 0 saturated heterocycles. The molecule has 0 saturated carbocycles. The quantitative estimate of drug-likeness (QED) is 0.132. The number of nitrogens with zero attached hydrogens (tertiary/aromatic N) is 1. The van der Waals surface area contributed by atoms with Crippen LogP contribution in [0.2, 0.25) is 0 Å². The van der Waals surface area contributed by atoms with Gasteiger partial charge >= 0.3 is 11.9 Å². The molecule has 3 aromatic rings. The molecule has 3 aromatic carbocycles. The molecular weight excluding hydrogens is 516 g/mol. The van der Waals surface area contributed by atoms with Crippen LogP contribution in [0.1, 0.15) is 37.8 Å². The minimum atomic E-state index is -1.15. The number of esters is 2. The van der Waals surface area contributed by atoms with Crippen molar-refractivity contribution in [1.29, 1.82) is 0 Å². The Kier molecular flexibility index (Phi) is 12.8. The summed E-state index contributed by atoms with van der Waals surface area (Å²) in [6, 6.07) is 28.7. The summed E-state index contributed by atoms with van der Waals surface area (Å²) in [6.45, 7) is 8.63. The van der Waals surface area contributed by atoms with E-state index in [0.29, 0.717) is 31.6 Å². The smallest absolute Gasteiger partial charge is 0.320 e. The molecule has 0 fully saturated rings. The molecule has 0 aromatic heterocycles. The maximum absolute atomic E-state index is 13.9. The summed E-state index contributed by atoms with van der Waals surface area (Å²) >= 11 is 0. The molecule has 7 nitrogen and oxygen atoms in total. The molecule has 2 atom stereocenters. The fourth-order valence-corrected chi connectivity index (χ4v) is 4.82.